The van der Waals surface area contributed by atoms with E-state index in [4.69, 9.17) is 14.2 Å². The molecule has 0 saturated heterocycles. The SMILES string of the molecule is B[C@@H](CC)O[C@@H](COC(C)C)C(C)OC(C)C. The third-order valence-electron chi connectivity index (χ3n) is 2.59. The van der Waals surface area contributed by atoms with E-state index in [9.17, 15) is 0 Å². The molecule has 0 aromatic carbocycles. The van der Waals surface area contributed by atoms with Gasteiger partial charge in [0.2, 0.25) is 0 Å². The van der Waals surface area contributed by atoms with Crippen molar-refractivity contribution >= 4 is 7.85 Å². The van der Waals surface area contributed by atoms with Crippen molar-refractivity contribution in [3.63, 3.8) is 0 Å². The minimum absolute atomic E-state index is 0.00903. The first-order valence-electron chi connectivity index (χ1n) is 6.79. The molecule has 0 heterocycles. The summed E-state index contributed by atoms with van der Waals surface area (Å²) in [5.41, 5.74) is 0. The second kappa shape index (κ2) is 8.95. The third-order valence-corrected chi connectivity index (χ3v) is 2.59. The summed E-state index contributed by atoms with van der Waals surface area (Å²) >= 11 is 0. The molecular weight excluding hydrogens is 215 g/mol. The first kappa shape index (κ1) is 16.9. The van der Waals surface area contributed by atoms with E-state index >= 15 is 0 Å². The second-order valence-corrected chi connectivity index (χ2v) is 5.17. The molecule has 0 spiro atoms. The van der Waals surface area contributed by atoms with Gasteiger partial charge in [-0.05, 0) is 41.0 Å². The van der Waals surface area contributed by atoms with Gasteiger partial charge in [0, 0.05) is 6.00 Å². The standard InChI is InChI=1S/C13H29BO3/c1-7-13(14)17-12(8-15-9(2)3)11(6)16-10(4)5/h9-13H,7-8,14H2,1-6H3/t11?,12-,13+/m0/s1. The monoisotopic (exact) mass is 244 g/mol. The Bertz CT molecular complexity index is 186. The smallest absolute Gasteiger partial charge is 0.139 e. The molecule has 0 aliphatic heterocycles. The molecule has 0 aromatic heterocycles. The van der Waals surface area contributed by atoms with E-state index in [0.717, 1.165) is 6.42 Å². The molecule has 0 aromatic rings. The Morgan fingerprint density at radius 2 is 1.53 bits per heavy atom. The van der Waals surface area contributed by atoms with Crippen molar-refractivity contribution in [3.8, 4) is 0 Å². The lowest BCUT2D eigenvalue weighted by Crippen LogP contribution is -2.38. The maximum atomic E-state index is 5.96. The van der Waals surface area contributed by atoms with Crippen LogP contribution >= 0.6 is 0 Å². The van der Waals surface area contributed by atoms with Gasteiger partial charge in [0.05, 0.1) is 24.9 Å². The van der Waals surface area contributed by atoms with Gasteiger partial charge >= 0.3 is 0 Å². The first-order valence-corrected chi connectivity index (χ1v) is 6.79. The van der Waals surface area contributed by atoms with E-state index in [-0.39, 0.29) is 30.4 Å². The number of ether oxygens (including phenoxy) is 3. The van der Waals surface area contributed by atoms with E-state index in [1.807, 2.05) is 27.7 Å². The van der Waals surface area contributed by atoms with Crippen LogP contribution in [0.4, 0.5) is 0 Å². The van der Waals surface area contributed by atoms with Crippen LogP contribution in [0.25, 0.3) is 0 Å². The van der Waals surface area contributed by atoms with E-state index < -0.39 is 0 Å². The van der Waals surface area contributed by atoms with Gasteiger partial charge in [-0.2, -0.15) is 0 Å². The van der Waals surface area contributed by atoms with Gasteiger partial charge in [0.25, 0.3) is 0 Å². The molecule has 0 N–H and O–H groups in total. The summed E-state index contributed by atoms with van der Waals surface area (Å²) in [5, 5.41) is 0. The van der Waals surface area contributed by atoms with E-state index in [1.54, 1.807) is 0 Å². The van der Waals surface area contributed by atoms with Crippen molar-refractivity contribution in [1.82, 2.24) is 0 Å². The zero-order valence-electron chi connectivity index (χ0n) is 12.5. The average molecular weight is 244 g/mol. The molecule has 17 heavy (non-hydrogen) atoms. The van der Waals surface area contributed by atoms with Crippen molar-refractivity contribution in [2.24, 2.45) is 0 Å². The summed E-state index contributed by atoms with van der Waals surface area (Å²) in [7, 11) is 2.09. The Morgan fingerprint density at radius 1 is 0.941 bits per heavy atom. The molecule has 4 heteroatoms. The molecule has 0 aliphatic carbocycles. The van der Waals surface area contributed by atoms with Gasteiger partial charge in [-0.25, -0.2) is 0 Å². The Hall–Kier alpha value is -0.0551. The summed E-state index contributed by atoms with van der Waals surface area (Å²) in [6, 6.07) is 0.244. The van der Waals surface area contributed by atoms with Crippen LogP contribution in [0.5, 0.6) is 0 Å². The minimum atomic E-state index is 0.00903. The molecule has 102 valence electrons. The van der Waals surface area contributed by atoms with Crippen molar-refractivity contribution in [2.45, 2.75) is 78.4 Å². The van der Waals surface area contributed by atoms with Crippen LogP contribution in [0.3, 0.4) is 0 Å². The molecule has 0 radical (unpaired) electrons. The van der Waals surface area contributed by atoms with Gasteiger partial charge < -0.3 is 14.2 Å². The summed E-state index contributed by atoms with van der Waals surface area (Å²) in [5.74, 6) is 0. The molecule has 0 aliphatic rings. The zero-order chi connectivity index (χ0) is 13.4. The number of rotatable bonds is 9. The van der Waals surface area contributed by atoms with Crippen molar-refractivity contribution < 1.29 is 14.2 Å². The Morgan fingerprint density at radius 3 is 1.94 bits per heavy atom. The van der Waals surface area contributed by atoms with E-state index in [1.165, 1.54) is 0 Å². The minimum Gasteiger partial charge on any atom is -0.379 e. The van der Waals surface area contributed by atoms with Crippen molar-refractivity contribution in [3.05, 3.63) is 0 Å². The lowest BCUT2D eigenvalue weighted by Gasteiger charge is -2.29. The zero-order valence-corrected chi connectivity index (χ0v) is 12.5. The summed E-state index contributed by atoms with van der Waals surface area (Å²) < 4.78 is 17.4. The molecule has 3 atom stereocenters. The highest BCUT2D eigenvalue weighted by Crippen LogP contribution is 2.11. The van der Waals surface area contributed by atoms with Crippen molar-refractivity contribution in [2.75, 3.05) is 6.61 Å². The average Bonchev–Trinajstić information content (AvgIpc) is 2.22. The number of hydrogen-bond acceptors (Lipinski definition) is 3. The number of hydrogen-bond donors (Lipinski definition) is 0. The normalized spacial score (nSPS) is 17.4. The highest BCUT2D eigenvalue weighted by molar-refractivity contribution is 6.10. The topological polar surface area (TPSA) is 27.7 Å². The quantitative estimate of drug-likeness (QED) is 0.580. The Kier molecular flexibility index (Phi) is 8.92. The van der Waals surface area contributed by atoms with Gasteiger partial charge in [-0.1, -0.05) is 6.92 Å². The molecule has 0 amide bonds. The fourth-order valence-electron chi connectivity index (χ4n) is 1.48. The molecule has 3 nitrogen and oxygen atoms in total. The highest BCUT2D eigenvalue weighted by Gasteiger charge is 2.22. The Balaban J connectivity index is 4.26. The largest absolute Gasteiger partial charge is 0.379 e. The van der Waals surface area contributed by atoms with Crippen LogP contribution in [-0.4, -0.2) is 44.9 Å². The third kappa shape index (κ3) is 8.64. The van der Waals surface area contributed by atoms with E-state index in [0.29, 0.717) is 6.61 Å². The van der Waals surface area contributed by atoms with Gasteiger partial charge in [0.15, 0.2) is 0 Å². The van der Waals surface area contributed by atoms with Gasteiger partial charge in [0.1, 0.15) is 14.0 Å². The van der Waals surface area contributed by atoms with Gasteiger partial charge in [-0.15, -0.1) is 0 Å². The fraction of sp³-hybridized carbons (Fsp3) is 1.00. The molecule has 0 saturated carbocycles. The molecule has 0 rings (SSSR count). The summed E-state index contributed by atoms with van der Waals surface area (Å²) in [4.78, 5) is 0. The predicted octanol–water partition coefficient (Wildman–Crippen LogP) is 1.98. The Labute approximate surface area is 108 Å². The van der Waals surface area contributed by atoms with Crippen molar-refractivity contribution in [1.29, 1.82) is 0 Å². The molecule has 0 bridgehead atoms. The highest BCUT2D eigenvalue weighted by atomic mass is 16.6. The van der Waals surface area contributed by atoms with Crippen LogP contribution in [-0.2, 0) is 14.2 Å². The van der Waals surface area contributed by atoms with E-state index in [2.05, 4.69) is 21.7 Å². The summed E-state index contributed by atoms with van der Waals surface area (Å²) in [6.07, 6.45) is 1.51. The van der Waals surface area contributed by atoms with Crippen LogP contribution in [0.1, 0.15) is 48.0 Å². The van der Waals surface area contributed by atoms with Crippen LogP contribution in [0, 0.1) is 0 Å². The van der Waals surface area contributed by atoms with Crippen LogP contribution in [0.2, 0.25) is 0 Å². The maximum Gasteiger partial charge on any atom is 0.139 e. The summed E-state index contributed by atoms with van der Waals surface area (Å²) in [6.45, 7) is 12.9. The lowest BCUT2D eigenvalue weighted by atomic mass is 9.97. The maximum absolute atomic E-state index is 5.96. The van der Waals surface area contributed by atoms with Crippen LogP contribution < -0.4 is 0 Å². The van der Waals surface area contributed by atoms with Gasteiger partial charge in [-0.3, -0.25) is 0 Å². The van der Waals surface area contributed by atoms with Crippen LogP contribution in [0.15, 0.2) is 0 Å². The lowest BCUT2D eigenvalue weighted by molar-refractivity contribution is -0.126. The predicted molar refractivity (Wildman–Crippen MR) is 74.3 cm³/mol. The molecule has 0 fully saturated rings. The fourth-order valence-corrected chi connectivity index (χ4v) is 1.48. The molecular formula is C13H29BO3. The first-order chi connectivity index (χ1) is 7.86. The second-order valence-electron chi connectivity index (χ2n) is 5.17. The molecule has 1 unspecified atom stereocenters.